The first-order valence-corrected chi connectivity index (χ1v) is 3.78. The molecule has 0 radical (unpaired) electrons. The standard InChI is InChI=1S/C6H10FN5/c7-4-1-12(2-5(4)8)6-9-3-10-11-6/h3-5H,1-2,8H2,(H,9,10,11)/t4-,5-/m0/s1. The van der Waals surface area contributed by atoms with E-state index in [4.69, 9.17) is 5.73 Å². The van der Waals surface area contributed by atoms with Crippen molar-refractivity contribution in [3.8, 4) is 0 Å². The van der Waals surface area contributed by atoms with E-state index in [-0.39, 0.29) is 0 Å². The topological polar surface area (TPSA) is 70.8 Å². The van der Waals surface area contributed by atoms with Gasteiger partial charge in [0.15, 0.2) is 0 Å². The van der Waals surface area contributed by atoms with Crippen LogP contribution in [0.15, 0.2) is 6.33 Å². The third kappa shape index (κ3) is 1.14. The molecule has 1 aromatic heterocycles. The highest BCUT2D eigenvalue weighted by molar-refractivity contribution is 5.31. The normalized spacial score (nSPS) is 29.7. The molecule has 12 heavy (non-hydrogen) atoms. The molecule has 0 unspecified atom stereocenters. The van der Waals surface area contributed by atoms with Gasteiger partial charge in [-0.25, -0.2) is 9.37 Å². The first-order valence-electron chi connectivity index (χ1n) is 3.78. The molecule has 2 heterocycles. The van der Waals surface area contributed by atoms with E-state index in [1.807, 2.05) is 0 Å². The van der Waals surface area contributed by atoms with Gasteiger partial charge in [-0.3, -0.25) is 5.10 Å². The van der Waals surface area contributed by atoms with Crippen LogP contribution < -0.4 is 10.6 Å². The van der Waals surface area contributed by atoms with E-state index in [1.54, 1.807) is 4.90 Å². The van der Waals surface area contributed by atoms with Gasteiger partial charge in [0, 0.05) is 6.54 Å². The number of rotatable bonds is 1. The second-order valence-electron chi connectivity index (χ2n) is 2.88. The lowest BCUT2D eigenvalue weighted by Crippen LogP contribution is -2.30. The van der Waals surface area contributed by atoms with Crippen LogP contribution in [0.5, 0.6) is 0 Å². The Kier molecular flexibility index (Phi) is 1.69. The average Bonchev–Trinajstić information content (AvgIpc) is 2.61. The third-order valence-electron chi connectivity index (χ3n) is 1.98. The summed E-state index contributed by atoms with van der Waals surface area (Å²) in [4.78, 5) is 5.63. The number of aromatic nitrogens is 3. The van der Waals surface area contributed by atoms with Crippen LogP contribution in [0.1, 0.15) is 0 Å². The van der Waals surface area contributed by atoms with Crippen LogP contribution in [0.2, 0.25) is 0 Å². The highest BCUT2D eigenvalue weighted by Crippen LogP contribution is 2.16. The largest absolute Gasteiger partial charge is 0.335 e. The Morgan fingerprint density at radius 3 is 3.00 bits per heavy atom. The van der Waals surface area contributed by atoms with E-state index in [2.05, 4.69) is 15.2 Å². The van der Waals surface area contributed by atoms with Crippen molar-refractivity contribution in [1.29, 1.82) is 0 Å². The van der Waals surface area contributed by atoms with E-state index < -0.39 is 12.2 Å². The molecular formula is C6H10FN5. The maximum Gasteiger partial charge on any atom is 0.244 e. The van der Waals surface area contributed by atoms with Crippen LogP contribution in [0, 0.1) is 0 Å². The zero-order valence-corrected chi connectivity index (χ0v) is 6.44. The van der Waals surface area contributed by atoms with Gasteiger partial charge in [0.1, 0.15) is 12.5 Å². The minimum atomic E-state index is -0.969. The van der Waals surface area contributed by atoms with Gasteiger partial charge in [0.25, 0.3) is 0 Å². The highest BCUT2D eigenvalue weighted by atomic mass is 19.1. The van der Waals surface area contributed by atoms with Crippen molar-refractivity contribution < 1.29 is 4.39 Å². The van der Waals surface area contributed by atoms with Crippen LogP contribution in [0.25, 0.3) is 0 Å². The van der Waals surface area contributed by atoms with E-state index in [9.17, 15) is 4.39 Å². The van der Waals surface area contributed by atoms with Gasteiger partial charge >= 0.3 is 0 Å². The summed E-state index contributed by atoms with van der Waals surface area (Å²) in [7, 11) is 0. The predicted octanol–water partition coefficient (Wildman–Crippen LogP) is -0.710. The van der Waals surface area contributed by atoms with Crippen LogP contribution in [0.3, 0.4) is 0 Å². The Labute approximate surface area is 68.8 Å². The number of nitrogens with zero attached hydrogens (tertiary/aromatic N) is 3. The first-order chi connectivity index (χ1) is 5.77. The van der Waals surface area contributed by atoms with Gasteiger partial charge < -0.3 is 10.6 Å². The number of aromatic amines is 1. The van der Waals surface area contributed by atoms with Gasteiger partial charge in [-0.05, 0) is 0 Å². The molecular weight excluding hydrogens is 161 g/mol. The summed E-state index contributed by atoms with van der Waals surface area (Å²) in [6.07, 6.45) is 0.496. The van der Waals surface area contributed by atoms with Crippen molar-refractivity contribution in [3.05, 3.63) is 6.33 Å². The highest BCUT2D eigenvalue weighted by Gasteiger charge is 2.31. The SMILES string of the molecule is N[C@H]1CN(c2nc[nH]n2)C[C@@H]1F. The zero-order valence-electron chi connectivity index (χ0n) is 6.44. The smallest absolute Gasteiger partial charge is 0.244 e. The fraction of sp³-hybridized carbons (Fsp3) is 0.667. The maximum absolute atomic E-state index is 12.9. The minimum absolute atomic E-state index is 0.291. The summed E-state index contributed by atoms with van der Waals surface area (Å²) in [6.45, 7) is 0.776. The Bertz CT molecular complexity index is 238. The van der Waals surface area contributed by atoms with Crippen molar-refractivity contribution in [1.82, 2.24) is 15.2 Å². The molecule has 1 fully saturated rings. The summed E-state index contributed by atoms with van der Waals surface area (Å²) in [5.41, 5.74) is 5.49. The number of alkyl halides is 1. The zero-order chi connectivity index (χ0) is 8.55. The molecule has 0 aliphatic carbocycles. The van der Waals surface area contributed by atoms with Crippen LogP contribution in [-0.4, -0.2) is 40.5 Å². The molecule has 1 aliphatic heterocycles. The molecule has 2 atom stereocenters. The predicted molar refractivity (Wildman–Crippen MR) is 41.5 cm³/mol. The van der Waals surface area contributed by atoms with Crippen molar-refractivity contribution in [3.63, 3.8) is 0 Å². The minimum Gasteiger partial charge on any atom is -0.335 e. The van der Waals surface area contributed by atoms with Gasteiger partial charge in [0.05, 0.1) is 12.6 Å². The summed E-state index contributed by atoms with van der Waals surface area (Å²) in [5.74, 6) is 0.519. The Morgan fingerprint density at radius 1 is 1.67 bits per heavy atom. The molecule has 66 valence electrons. The molecule has 3 N–H and O–H groups in total. The second-order valence-corrected chi connectivity index (χ2v) is 2.88. The number of anilines is 1. The monoisotopic (exact) mass is 171 g/mol. The lowest BCUT2D eigenvalue weighted by Gasteiger charge is -2.10. The van der Waals surface area contributed by atoms with Gasteiger partial charge in [-0.1, -0.05) is 0 Å². The Morgan fingerprint density at radius 2 is 2.50 bits per heavy atom. The number of hydrogen-bond donors (Lipinski definition) is 2. The number of nitrogens with one attached hydrogen (secondary N) is 1. The van der Waals surface area contributed by atoms with Crippen LogP contribution >= 0.6 is 0 Å². The second kappa shape index (κ2) is 2.71. The Balaban J connectivity index is 2.09. The molecule has 0 bridgehead atoms. The molecule has 0 amide bonds. The molecule has 1 saturated heterocycles. The van der Waals surface area contributed by atoms with Crippen molar-refractivity contribution in [2.24, 2.45) is 5.73 Å². The lowest BCUT2D eigenvalue weighted by atomic mass is 10.3. The van der Waals surface area contributed by atoms with E-state index in [1.165, 1.54) is 6.33 Å². The summed E-state index contributed by atoms with van der Waals surface area (Å²) in [6, 6.07) is -0.413. The first kappa shape index (κ1) is 7.48. The maximum atomic E-state index is 12.9. The van der Waals surface area contributed by atoms with Crippen LogP contribution in [-0.2, 0) is 0 Å². The Hall–Kier alpha value is -1.17. The number of halogens is 1. The molecule has 0 spiro atoms. The molecule has 6 heteroatoms. The van der Waals surface area contributed by atoms with Crippen molar-refractivity contribution in [2.75, 3.05) is 18.0 Å². The van der Waals surface area contributed by atoms with Gasteiger partial charge in [-0.2, -0.15) is 0 Å². The summed E-state index contributed by atoms with van der Waals surface area (Å²) < 4.78 is 12.9. The summed E-state index contributed by atoms with van der Waals surface area (Å²) >= 11 is 0. The molecule has 5 nitrogen and oxygen atoms in total. The third-order valence-corrected chi connectivity index (χ3v) is 1.98. The number of H-pyrrole nitrogens is 1. The lowest BCUT2D eigenvalue weighted by molar-refractivity contribution is 0.333. The molecule has 2 rings (SSSR count). The van der Waals surface area contributed by atoms with Gasteiger partial charge in [-0.15, -0.1) is 5.10 Å². The molecule has 1 aromatic rings. The fourth-order valence-electron chi connectivity index (χ4n) is 1.31. The van der Waals surface area contributed by atoms with E-state index in [0.29, 0.717) is 19.0 Å². The number of hydrogen-bond acceptors (Lipinski definition) is 4. The number of nitrogens with two attached hydrogens (primary N) is 1. The van der Waals surface area contributed by atoms with E-state index >= 15 is 0 Å². The molecule has 0 saturated carbocycles. The average molecular weight is 171 g/mol. The molecule has 0 aromatic carbocycles. The van der Waals surface area contributed by atoms with Crippen LogP contribution in [0.4, 0.5) is 10.3 Å². The molecule has 1 aliphatic rings. The van der Waals surface area contributed by atoms with Gasteiger partial charge in [0.2, 0.25) is 5.95 Å². The summed E-state index contributed by atoms with van der Waals surface area (Å²) in [5, 5.41) is 6.40. The van der Waals surface area contributed by atoms with E-state index in [0.717, 1.165) is 0 Å². The fourth-order valence-corrected chi connectivity index (χ4v) is 1.31. The van der Waals surface area contributed by atoms with Crippen molar-refractivity contribution >= 4 is 5.95 Å². The quantitative estimate of drug-likeness (QED) is 0.585. The van der Waals surface area contributed by atoms with Crippen molar-refractivity contribution in [2.45, 2.75) is 12.2 Å².